The minimum absolute atomic E-state index is 0.0711. The van der Waals surface area contributed by atoms with Crippen molar-refractivity contribution in [2.24, 2.45) is 0 Å². The molecule has 3 rings (SSSR count). The molecule has 0 radical (unpaired) electrons. The van der Waals surface area contributed by atoms with Gasteiger partial charge in [-0.1, -0.05) is 0 Å². The number of benzene rings is 1. The number of furan rings is 1. The molecule has 6 heteroatoms. The first-order chi connectivity index (χ1) is 11.5. The summed E-state index contributed by atoms with van der Waals surface area (Å²) in [7, 11) is 0. The molecule has 1 aliphatic rings. The molecule has 0 saturated carbocycles. The standard InChI is InChI=1S/C18H19FN2O3/c1-12-11-16(13(2)24-12)18(23)21-9-7-20(8-10-21)17(22)14-3-5-15(19)6-4-14/h3-6,11H,7-10H2,1-2H3. The van der Waals surface area contributed by atoms with Crippen molar-refractivity contribution in [1.82, 2.24) is 9.80 Å². The first kappa shape index (κ1) is 16.2. The maximum atomic E-state index is 13.0. The van der Waals surface area contributed by atoms with Gasteiger partial charge in [-0.15, -0.1) is 0 Å². The van der Waals surface area contributed by atoms with Crippen LogP contribution < -0.4 is 0 Å². The summed E-state index contributed by atoms with van der Waals surface area (Å²) >= 11 is 0. The lowest BCUT2D eigenvalue weighted by atomic mass is 10.1. The Kier molecular flexibility index (Phi) is 4.38. The van der Waals surface area contributed by atoms with Gasteiger partial charge in [0.1, 0.15) is 17.3 Å². The number of piperazine rings is 1. The van der Waals surface area contributed by atoms with Gasteiger partial charge >= 0.3 is 0 Å². The maximum Gasteiger partial charge on any atom is 0.257 e. The Hall–Kier alpha value is -2.63. The molecule has 0 unspecified atom stereocenters. The molecule has 1 aromatic heterocycles. The smallest absolute Gasteiger partial charge is 0.257 e. The van der Waals surface area contributed by atoms with Gasteiger partial charge in [-0.25, -0.2) is 4.39 Å². The third-order valence-electron chi connectivity index (χ3n) is 4.22. The van der Waals surface area contributed by atoms with Crippen molar-refractivity contribution in [3.8, 4) is 0 Å². The van der Waals surface area contributed by atoms with Crippen LogP contribution in [0.3, 0.4) is 0 Å². The van der Waals surface area contributed by atoms with Gasteiger partial charge in [0.15, 0.2) is 0 Å². The largest absolute Gasteiger partial charge is 0.466 e. The van der Waals surface area contributed by atoms with E-state index >= 15 is 0 Å². The molecule has 0 bridgehead atoms. The lowest BCUT2D eigenvalue weighted by Gasteiger charge is -2.34. The van der Waals surface area contributed by atoms with Gasteiger partial charge in [-0.3, -0.25) is 9.59 Å². The number of amides is 2. The summed E-state index contributed by atoms with van der Waals surface area (Å²) in [5.41, 5.74) is 1.03. The highest BCUT2D eigenvalue weighted by atomic mass is 19.1. The van der Waals surface area contributed by atoms with Crippen LogP contribution in [0, 0.1) is 19.7 Å². The Balaban J connectivity index is 1.63. The highest BCUT2D eigenvalue weighted by Crippen LogP contribution is 2.18. The highest BCUT2D eigenvalue weighted by molar-refractivity contribution is 5.96. The Morgan fingerprint density at radius 1 is 0.958 bits per heavy atom. The zero-order valence-electron chi connectivity index (χ0n) is 13.7. The summed E-state index contributed by atoms with van der Waals surface area (Å²) in [4.78, 5) is 28.4. The van der Waals surface area contributed by atoms with Crippen molar-refractivity contribution in [2.45, 2.75) is 13.8 Å². The topological polar surface area (TPSA) is 53.8 Å². The van der Waals surface area contributed by atoms with Crippen molar-refractivity contribution in [2.75, 3.05) is 26.2 Å². The van der Waals surface area contributed by atoms with Crippen molar-refractivity contribution >= 4 is 11.8 Å². The minimum atomic E-state index is -0.368. The molecule has 1 aromatic carbocycles. The van der Waals surface area contributed by atoms with Gasteiger partial charge in [0, 0.05) is 31.7 Å². The van der Waals surface area contributed by atoms with E-state index in [1.807, 2.05) is 6.92 Å². The molecular weight excluding hydrogens is 311 g/mol. The van der Waals surface area contributed by atoms with Crippen molar-refractivity contribution in [1.29, 1.82) is 0 Å². The maximum absolute atomic E-state index is 13.0. The highest BCUT2D eigenvalue weighted by Gasteiger charge is 2.27. The number of rotatable bonds is 2. The van der Waals surface area contributed by atoms with Crippen LogP contribution in [0.1, 0.15) is 32.2 Å². The minimum Gasteiger partial charge on any atom is -0.466 e. The Labute approximate surface area is 139 Å². The second-order valence-electron chi connectivity index (χ2n) is 5.92. The Morgan fingerprint density at radius 2 is 1.50 bits per heavy atom. The van der Waals surface area contributed by atoms with Crippen molar-refractivity contribution < 1.29 is 18.4 Å². The SMILES string of the molecule is Cc1cc(C(=O)N2CCN(C(=O)c3ccc(F)cc3)CC2)c(C)o1. The van der Waals surface area contributed by atoms with E-state index in [1.165, 1.54) is 24.3 Å². The molecule has 1 fully saturated rings. The molecule has 0 atom stereocenters. The quantitative estimate of drug-likeness (QED) is 0.850. The van der Waals surface area contributed by atoms with Crippen LogP contribution in [-0.4, -0.2) is 47.8 Å². The van der Waals surface area contributed by atoms with Crippen molar-refractivity contribution in [3.05, 3.63) is 58.8 Å². The van der Waals surface area contributed by atoms with Crippen LogP contribution in [-0.2, 0) is 0 Å². The van der Waals surface area contributed by atoms with E-state index in [-0.39, 0.29) is 17.6 Å². The van der Waals surface area contributed by atoms with Gasteiger partial charge in [-0.2, -0.15) is 0 Å². The summed E-state index contributed by atoms with van der Waals surface area (Å²) in [6.45, 7) is 5.43. The number of nitrogens with zero attached hydrogens (tertiary/aromatic N) is 2. The van der Waals surface area contributed by atoms with E-state index in [0.29, 0.717) is 48.8 Å². The van der Waals surface area contributed by atoms with Gasteiger partial charge in [0.25, 0.3) is 11.8 Å². The summed E-state index contributed by atoms with van der Waals surface area (Å²) in [6, 6.07) is 7.25. The van der Waals surface area contributed by atoms with Gasteiger partial charge in [0.2, 0.25) is 0 Å². The molecule has 1 aliphatic heterocycles. The zero-order chi connectivity index (χ0) is 17.3. The molecule has 2 aromatic rings. The molecule has 0 aliphatic carbocycles. The Morgan fingerprint density at radius 3 is 2.00 bits per heavy atom. The summed E-state index contributed by atoms with van der Waals surface area (Å²) in [5.74, 6) is 0.742. The fraction of sp³-hybridized carbons (Fsp3) is 0.333. The summed E-state index contributed by atoms with van der Waals surface area (Å²) in [6.07, 6.45) is 0. The fourth-order valence-electron chi connectivity index (χ4n) is 2.90. The second-order valence-corrected chi connectivity index (χ2v) is 5.92. The predicted molar refractivity (Wildman–Crippen MR) is 86.4 cm³/mol. The first-order valence-corrected chi connectivity index (χ1v) is 7.87. The molecule has 126 valence electrons. The summed E-state index contributed by atoms with van der Waals surface area (Å²) < 4.78 is 18.4. The predicted octanol–water partition coefficient (Wildman–Crippen LogP) is 2.63. The third kappa shape index (κ3) is 3.18. The van der Waals surface area contributed by atoms with Crippen LogP contribution in [0.15, 0.2) is 34.7 Å². The van der Waals surface area contributed by atoms with Gasteiger partial charge < -0.3 is 14.2 Å². The average Bonchev–Trinajstić information content (AvgIpc) is 2.93. The molecule has 2 heterocycles. The van der Waals surface area contributed by atoms with E-state index in [1.54, 1.807) is 22.8 Å². The van der Waals surface area contributed by atoms with Gasteiger partial charge in [-0.05, 0) is 44.2 Å². The molecular formula is C18H19FN2O3. The molecule has 0 N–H and O–H groups in total. The van der Waals surface area contributed by atoms with Crippen LogP contribution in [0.25, 0.3) is 0 Å². The molecule has 5 nitrogen and oxygen atoms in total. The van der Waals surface area contributed by atoms with Crippen LogP contribution in [0.2, 0.25) is 0 Å². The lowest BCUT2D eigenvalue weighted by Crippen LogP contribution is -2.50. The first-order valence-electron chi connectivity index (χ1n) is 7.87. The molecule has 24 heavy (non-hydrogen) atoms. The van der Waals surface area contributed by atoms with Gasteiger partial charge in [0.05, 0.1) is 5.56 Å². The number of hydrogen-bond donors (Lipinski definition) is 0. The zero-order valence-corrected chi connectivity index (χ0v) is 13.7. The monoisotopic (exact) mass is 330 g/mol. The van der Waals surface area contributed by atoms with E-state index in [0.717, 1.165) is 0 Å². The lowest BCUT2D eigenvalue weighted by molar-refractivity contribution is 0.0534. The third-order valence-corrected chi connectivity index (χ3v) is 4.22. The fourth-order valence-corrected chi connectivity index (χ4v) is 2.90. The molecule has 0 spiro atoms. The van der Waals surface area contributed by atoms with Crippen LogP contribution in [0.4, 0.5) is 4.39 Å². The Bertz CT molecular complexity index is 759. The van der Waals surface area contributed by atoms with Crippen LogP contribution >= 0.6 is 0 Å². The summed E-state index contributed by atoms with van der Waals surface area (Å²) in [5, 5.41) is 0. The van der Waals surface area contributed by atoms with E-state index < -0.39 is 0 Å². The number of carbonyl (C=O) groups excluding carboxylic acids is 2. The van der Waals surface area contributed by atoms with Crippen molar-refractivity contribution in [3.63, 3.8) is 0 Å². The van der Waals surface area contributed by atoms with Crippen LogP contribution in [0.5, 0.6) is 0 Å². The average molecular weight is 330 g/mol. The normalized spacial score (nSPS) is 14.8. The molecule has 2 amide bonds. The van der Waals surface area contributed by atoms with E-state index in [2.05, 4.69) is 0 Å². The molecule has 1 saturated heterocycles. The number of aryl methyl sites for hydroxylation is 2. The number of halogens is 1. The van der Waals surface area contributed by atoms with E-state index in [4.69, 9.17) is 4.42 Å². The number of carbonyl (C=O) groups is 2. The second kappa shape index (κ2) is 6.47. The van der Waals surface area contributed by atoms with E-state index in [9.17, 15) is 14.0 Å². The number of hydrogen-bond acceptors (Lipinski definition) is 3.